The van der Waals surface area contributed by atoms with Gasteiger partial charge in [0.25, 0.3) is 5.91 Å². The van der Waals surface area contributed by atoms with E-state index in [1.807, 2.05) is 30.3 Å². The van der Waals surface area contributed by atoms with Crippen LogP contribution in [0.4, 0.5) is 5.95 Å². The van der Waals surface area contributed by atoms with Crippen molar-refractivity contribution in [2.24, 2.45) is 0 Å². The Kier molecular flexibility index (Phi) is 4.03. The number of carbonyl (C=O) groups is 1. The van der Waals surface area contributed by atoms with Gasteiger partial charge in [-0.25, -0.2) is 5.10 Å². The second-order valence-electron chi connectivity index (χ2n) is 3.76. The SMILES string of the molecule is C[C@@H](OCc1ccccc1)C(=O)Nc1ncn[nH]1. The summed E-state index contributed by atoms with van der Waals surface area (Å²) in [5, 5.41) is 8.75. The van der Waals surface area contributed by atoms with Crippen LogP contribution in [-0.4, -0.2) is 27.2 Å². The molecule has 94 valence electrons. The van der Waals surface area contributed by atoms with Gasteiger partial charge >= 0.3 is 0 Å². The number of amides is 1. The van der Waals surface area contributed by atoms with Gasteiger partial charge in [-0.05, 0) is 12.5 Å². The van der Waals surface area contributed by atoms with E-state index in [-0.39, 0.29) is 5.91 Å². The van der Waals surface area contributed by atoms with Crippen LogP contribution in [0.15, 0.2) is 36.7 Å². The quantitative estimate of drug-likeness (QED) is 0.834. The summed E-state index contributed by atoms with van der Waals surface area (Å²) in [5.41, 5.74) is 1.02. The lowest BCUT2D eigenvalue weighted by Gasteiger charge is -2.11. The Hall–Kier alpha value is -2.21. The van der Waals surface area contributed by atoms with Crippen molar-refractivity contribution in [3.8, 4) is 0 Å². The molecule has 1 atom stereocenters. The van der Waals surface area contributed by atoms with Crippen molar-refractivity contribution in [2.45, 2.75) is 19.6 Å². The minimum atomic E-state index is -0.560. The van der Waals surface area contributed by atoms with Gasteiger partial charge in [0, 0.05) is 0 Å². The van der Waals surface area contributed by atoms with Gasteiger partial charge < -0.3 is 4.74 Å². The number of H-pyrrole nitrogens is 1. The summed E-state index contributed by atoms with van der Waals surface area (Å²) in [5.74, 6) is 0.0536. The Morgan fingerprint density at radius 3 is 2.89 bits per heavy atom. The first-order valence-corrected chi connectivity index (χ1v) is 5.57. The molecule has 0 bridgehead atoms. The van der Waals surface area contributed by atoms with E-state index in [0.717, 1.165) is 5.56 Å². The minimum absolute atomic E-state index is 0.261. The highest BCUT2D eigenvalue weighted by molar-refractivity contribution is 5.92. The Labute approximate surface area is 104 Å². The van der Waals surface area contributed by atoms with Crippen LogP contribution in [0.1, 0.15) is 12.5 Å². The first-order chi connectivity index (χ1) is 8.75. The molecule has 1 aromatic heterocycles. The van der Waals surface area contributed by atoms with Crippen LogP contribution in [0.5, 0.6) is 0 Å². The van der Waals surface area contributed by atoms with Crippen molar-refractivity contribution in [2.75, 3.05) is 5.32 Å². The Balaban J connectivity index is 1.81. The number of hydrogen-bond acceptors (Lipinski definition) is 4. The molecule has 0 aliphatic carbocycles. The fourth-order valence-corrected chi connectivity index (χ4v) is 1.36. The molecular weight excluding hydrogens is 232 g/mol. The fraction of sp³-hybridized carbons (Fsp3) is 0.250. The molecule has 2 rings (SSSR count). The van der Waals surface area contributed by atoms with E-state index >= 15 is 0 Å². The number of nitrogens with zero attached hydrogens (tertiary/aromatic N) is 2. The molecule has 2 aromatic rings. The van der Waals surface area contributed by atoms with Crippen molar-refractivity contribution in [1.29, 1.82) is 0 Å². The molecule has 0 radical (unpaired) electrons. The first kappa shape index (κ1) is 12.3. The molecule has 0 saturated carbocycles. The molecule has 1 heterocycles. The van der Waals surface area contributed by atoms with E-state index in [1.54, 1.807) is 6.92 Å². The maximum Gasteiger partial charge on any atom is 0.255 e. The molecule has 6 heteroatoms. The number of aromatic amines is 1. The second-order valence-corrected chi connectivity index (χ2v) is 3.76. The number of ether oxygens (including phenoxy) is 1. The van der Waals surface area contributed by atoms with Crippen LogP contribution in [-0.2, 0) is 16.1 Å². The van der Waals surface area contributed by atoms with Crippen LogP contribution in [0.3, 0.4) is 0 Å². The van der Waals surface area contributed by atoms with Crippen LogP contribution >= 0.6 is 0 Å². The number of benzene rings is 1. The molecule has 0 spiro atoms. The van der Waals surface area contributed by atoms with Gasteiger partial charge in [-0.2, -0.15) is 10.1 Å². The molecular formula is C12H14N4O2. The van der Waals surface area contributed by atoms with Crippen molar-refractivity contribution >= 4 is 11.9 Å². The van der Waals surface area contributed by atoms with Crippen LogP contribution in [0, 0.1) is 0 Å². The third kappa shape index (κ3) is 3.39. The zero-order valence-corrected chi connectivity index (χ0v) is 9.96. The maximum absolute atomic E-state index is 11.7. The zero-order chi connectivity index (χ0) is 12.8. The fourth-order valence-electron chi connectivity index (χ4n) is 1.36. The lowest BCUT2D eigenvalue weighted by atomic mass is 10.2. The highest BCUT2D eigenvalue weighted by Gasteiger charge is 2.14. The number of carbonyl (C=O) groups excluding carboxylic acids is 1. The molecule has 0 saturated heterocycles. The van der Waals surface area contributed by atoms with Crippen LogP contribution in [0.2, 0.25) is 0 Å². The largest absolute Gasteiger partial charge is 0.364 e. The van der Waals surface area contributed by atoms with Gasteiger partial charge in [0.2, 0.25) is 5.95 Å². The van der Waals surface area contributed by atoms with Crippen LogP contribution in [0.25, 0.3) is 0 Å². The average Bonchev–Trinajstić information content (AvgIpc) is 2.90. The Morgan fingerprint density at radius 1 is 1.44 bits per heavy atom. The smallest absolute Gasteiger partial charge is 0.255 e. The summed E-state index contributed by atoms with van der Waals surface area (Å²) < 4.78 is 5.46. The van der Waals surface area contributed by atoms with Gasteiger partial charge in [0.15, 0.2) is 0 Å². The van der Waals surface area contributed by atoms with Gasteiger partial charge in [-0.1, -0.05) is 30.3 Å². The van der Waals surface area contributed by atoms with Crippen molar-refractivity contribution in [3.63, 3.8) is 0 Å². The third-order valence-corrected chi connectivity index (χ3v) is 2.37. The van der Waals surface area contributed by atoms with E-state index < -0.39 is 6.10 Å². The summed E-state index contributed by atoms with van der Waals surface area (Å²) >= 11 is 0. The highest BCUT2D eigenvalue weighted by atomic mass is 16.5. The van der Waals surface area contributed by atoms with Gasteiger partial charge in [-0.3, -0.25) is 10.1 Å². The Bertz CT molecular complexity index is 484. The molecule has 1 aromatic carbocycles. The number of rotatable bonds is 5. The minimum Gasteiger partial charge on any atom is -0.364 e. The molecule has 6 nitrogen and oxygen atoms in total. The second kappa shape index (κ2) is 5.92. The lowest BCUT2D eigenvalue weighted by Crippen LogP contribution is -2.28. The summed E-state index contributed by atoms with van der Waals surface area (Å²) in [6.07, 6.45) is 0.765. The standard InChI is InChI=1S/C12H14N4O2/c1-9(11(17)15-12-13-8-14-16-12)18-7-10-5-3-2-4-6-10/h2-6,8-9H,7H2,1H3,(H2,13,14,15,16,17)/t9-/m1/s1. The van der Waals surface area contributed by atoms with Crippen molar-refractivity contribution in [3.05, 3.63) is 42.2 Å². The van der Waals surface area contributed by atoms with Gasteiger partial charge in [0.05, 0.1) is 6.61 Å². The maximum atomic E-state index is 11.7. The number of aromatic nitrogens is 3. The molecule has 2 N–H and O–H groups in total. The van der Waals surface area contributed by atoms with E-state index in [0.29, 0.717) is 12.6 Å². The number of hydrogen-bond donors (Lipinski definition) is 2. The first-order valence-electron chi connectivity index (χ1n) is 5.57. The molecule has 18 heavy (non-hydrogen) atoms. The van der Waals surface area contributed by atoms with Gasteiger partial charge in [0.1, 0.15) is 12.4 Å². The molecule has 0 fully saturated rings. The molecule has 0 aliphatic heterocycles. The average molecular weight is 246 g/mol. The Morgan fingerprint density at radius 2 is 2.22 bits per heavy atom. The monoisotopic (exact) mass is 246 g/mol. The summed E-state index contributed by atoms with van der Waals surface area (Å²) in [7, 11) is 0. The number of anilines is 1. The van der Waals surface area contributed by atoms with Crippen molar-refractivity contribution < 1.29 is 9.53 Å². The molecule has 0 aliphatic rings. The summed E-state index contributed by atoms with van der Waals surface area (Å²) in [6, 6.07) is 9.68. The third-order valence-electron chi connectivity index (χ3n) is 2.37. The summed E-state index contributed by atoms with van der Waals surface area (Å²) in [6.45, 7) is 2.08. The van der Waals surface area contributed by atoms with Crippen molar-refractivity contribution in [1.82, 2.24) is 15.2 Å². The number of nitrogens with one attached hydrogen (secondary N) is 2. The zero-order valence-electron chi connectivity index (χ0n) is 9.96. The van der Waals surface area contributed by atoms with E-state index in [9.17, 15) is 4.79 Å². The van der Waals surface area contributed by atoms with E-state index in [2.05, 4.69) is 20.5 Å². The van der Waals surface area contributed by atoms with Crippen LogP contribution < -0.4 is 5.32 Å². The normalized spacial score (nSPS) is 12.1. The molecule has 0 unspecified atom stereocenters. The highest BCUT2D eigenvalue weighted by Crippen LogP contribution is 2.04. The summed E-state index contributed by atoms with van der Waals surface area (Å²) in [4.78, 5) is 15.5. The lowest BCUT2D eigenvalue weighted by molar-refractivity contribution is -0.127. The van der Waals surface area contributed by atoms with E-state index in [1.165, 1.54) is 6.33 Å². The predicted octanol–water partition coefficient (Wildman–Crippen LogP) is 1.35. The van der Waals surface area contributed by atoms with E-state index in [4.69, 9.17) is 4.74 Å². The van der Waals surface area contributed by atoms with Gasteiger partial charge in [-0.15, -0.1) is 0 Å². The topological polar surface area (TPSA) is 79.9 Å². The predicted molar refractivity (Wildman–Crippen MR) is 65.7 cm³/mol. The molecule has 1 amide bonds.